The van der Waals surface area contributed by atoms with Gasteiger partial charge in [-0.3, -0.25) is 0 Å². The smallest absolute Gasteiger partial charge is 0.110 e. The van der Waals surface area contributed by atoms with Gasteiger partial charge in [-0.2, -0.15) is 0 Å². The van der Waals surface area contributed by atoms with Gasteiger partial charge in [0.1, 0.15) is 5.82 Å². The molecular formula is C14H25N3. The van der Waals surface area contributed by atoms with Crippen molar-refractivity contribution in [3.05, 3.63) is 17.2 Å². The maximum atomic E-state index is 4.86. The minimum absolute atomic E-state index is 0.141. The molecule has 0 radical (unpaired) electrons. The molecule has 0 aliphatic carbocycles. The predicted octanol–water partition coefficient (Wildman–Crippen LogP) is 2.48. The summed E-state index contributed by atoms with van der Waals surface area (Å²) in [6, 6.07) is 0. The molecule has 0 spiro atoms. The van der Waals surface area contributed by atoms with Crippen molar-refractivity contribution in [1.29, 1.82) is 0 Å². The molecule has 96 valence electrons. The van der Waals surface area contributed by atoms with Crippen LogP contribution in [-0.4, -0.2) is 16.1 Å². The monoisotopic (exact) mass is 235 g/mol. The van der Waals surface area contributed by atoms with E-state index in [1.54, 1.807) is 0 Å². The second kappa shape index (κ2) is 4.45. The third-order valence-electron chi connectivity index (χ3n) is 3.22. The van der Waals surface area contributed by atoms with E-state index in [4.69, 9.17) is 4.98 Å². The predicted molar refractivity (Wildman–Crippen MR) is 71.2 cm³/mol. The van der Waals surface area contributed by atoms with Crippen molar-refractivity contribution in [2.75, 3.05) is 6.54 Å². The molecule has 0 amide bonds. The highest BCUT2D eigenvalue weighted by molar-refractivity contribution is 5.22. The second-order valence-electron chi connectivity index (χ2n) is 6.45. The number of imidazole rings is 1. The number of hydrogen-bond acceptors (Lipinski definition) is 2. The van der Waals surface area contributed by atoms with Gasteiger partial charge in [0.25, 0.3) is 0 Å². The van der Waals surface area contributed by atoms with Crippen LogP contribution in [0.2, 0.25) is 0 Å². The maximum Gasteiger partial charge on any atom is 0.110 e. The molecule has 1 N–H and O–H groups in total. The molecular weight excluding hydrogens is 210 g/mol. The number of hydrogen-bond donors (Lipinski definition) is 1. The van der Waals surface area contributed by atoms with Gasteiger partial charge in [0.15, 0.2) is 0 Å². The Balaban J connectivity index is 2.47. The van der Waals surface area contributed by atoms with Gasteiger partial charge >= 0.3 is 0 Å². The number of nitrogens with zero attached hydrogens (tertiary/aromatic N) is 2. The van der Waals surface area contributed by atoms with Crippen LogP contribution in [0.1, 0.15) is 51.8 Å². The van der Waals surface area contributed by atoms with E-state index >= 15 is 0 Å². The fourth-order valence-electron chi connectivity index (χ4n) is 2.66. The molecule has 3 heteroatoms. The average molecular weight is 235 g/mol. The van der Waals surface area contributed by atoms with Gasteiger partial charge < -0.3 is 9.88 Å². The van der Waals surface area contributed by atoms with E-state index < -0.39 is 0 Å². The van der Waals surface area contributed by atoms with Gasteiger partial charge in [-0.25, -0.2) is 4.98 Å². The number of nitrogens with one attached hydrogen (secondary N) is 1. The normalized spacial score (nSPS) is 16.4. The number of fused-ring (bicyclic) bond motifs is 1. The molecule has 17 heavy (non-hydrogen) atoms. The molecule has 0 unspecified atom stereocenters. The first-order valence-electron chi connectivity index (χ1n) is 6.70. The second-order valence-corrected chi connectivity index (χ2v) is 6.45. The summed E-state index contributed by atoms with van der Waals surface area (Å²) in [5.41, 5.74) is 2.86. The molecule has 0 atom stereocenters. The van der Waals surface area contributed by atoms with E-state index in [9.17, 15) is 0 Å². The van der Waals surface area contributed by atoms with Gasteiger partial charge in [-0.05, 0) is 26.7 Å². The lowest BCUT2D eigenvalue weighted by Gasteiger charge is -2.28. The third kappa shape index (κ3) is 2.54. The van der Waals surface area contributed by atoms with Crippen LogP contribution in [0.4, 0.5) is 0 Å². The molecule has 1 aromatic rings. The molecule has 3 nitrogen and oxygen atoms in total. The highest BCUT2D eigenvalue weighted by atomic mass is 15.2. The largest absolute Gasteiger partial charge is 0.326 e. The number of rotatable bonds is 2. The Morgan fingerprint density at radius 2 is 2.06 bits per heavy atom. The molecule has 2 rings (SSSR count). The van der Waals surface area contributed by atoms with E-state index in [1.165, 1.54) is 17.2 Å². The first-order chi connectivity index (χ1) is 7.89. The van der Waals surface area contributed by atoms with E-state index in [2.05, 4.69) is 44.5 Å². The average Bonchev–Trinajstić information content (AvgIpc) is 2.53. The van der Waals surface area contributed by atoms with E-state index in [1.807, 2.05) is 0 Å². The quantitative estimate of drug-likeness (QED) is 0.853. The SMILES string of the molecule is CC(C)Cc1nc2c(n1C(C)(C)C)CCNC2. The summed E-state index contributed by atoms with van der Waals surface area (Å²) in [6.45, 7) is 13.4. The van der Waals surface area contributed by atoms with Crippen LogP contribution < -0.4 is 5.32 Å². The fourth-order valence-corrected chi connectivity index (χ4v) is 2.66. The first-order valence-corrected chi connectivity index (χ1v) is 6.70. The summed E-state index contributed by atoms with van der Waals surface area (Å²) in [5, 5.41) is 3.41. The number of aromatic nitrogens is 2. The van der Waals surface area contributed by atoms with E-state index in [0.29, 0.717) is 5.92 Å². The lowest BCUT2D eigenvalue weighted by Crippen LogP contribution is -2.31. The lowest BCUT2D eigenvalue weighted by atomic mass is 10.0. The van der Waals surface area contributed by atoms with Crippen LogP contribution in [0.25, 0.3) is 0 Å². The van der Waals surface area contributed by atoms with Gasteiger partial charge in [-0.15, -0.1) is 0 Å². The molecule has 0 aromatic carbocycles. The van der Waals surface area contributed by atoms with Crippen molar-refractivity contribution < 1.29 is 0 Å². The zero-order chi connectivity index (χ0) is 12.6. The van der Waals surface area contributed by atoms with E-state index in [0.717, 1.165) is 25.9 Å². The fraction of sp³-hybridized carbons (Fsp3) is 0.786. The molecule has 0 bridgehead atoms. The van der Waals surface area contributed by atoms with Crippen molar-refractivity contribution in [3.8, 4) is 0 Å². The van der Waals surface area contributed by atoms with Crippen molar-refractivity contribution in [3.63, 3.8) is 0 Å². The molecule has 1 aliphatic rings. The minimum atomic E-state index is 0.141. The van der Waals surface area contributed by atoms with Gasteiger partial charge in [0, 0.05) is 37.2 Å². The zero-order valence-electron chi connectivity index (χ0n) is 11.8. The molecule has 0 fully saturated rings. The highest BCUT2D eigenvalue weighted by Crippen LogP contribution is 2.26. The van der Waals surface area contributed by atoms with Crippen molar-refractivity contribution >= 4 is 0 Å². The van der Waals surface area contributed by atoms with Crippen LogP contribution in [0.5, 0.6) is 0 Å². The third-order valence-corrected chi connectivity index (χ3v) is 3.22. The maximum absolute atomic E-state index is 4.86. The summed E-state index contributed by atoms with van der Waals surface area (Å²) in [4.78, 5) is 4.86. The minimum Gasteiger partial charge on any atom is -0.326 e. The van der Waals surface area contributed by atoms with Gasteiger partial charge in [0.05, 0.1) is 5.69 Å². The topological polar surface area (TPSA) is 29.9 Å². The van der Waals surface area contributed by atoms with Gasteiger partial charge in [0.2, 0.25) is 0 Å². The van der Waals surface area contributed by atoms with Crippen LogP contribution in [0, 0.1) is 5.92 Å². The first kappa shape index (κ1) is 12.6. The molecule has 2 heterocycles. The summed E-state index contributed by atoms with van der Waals surface area (Å²) in [6.07, 6.45) is 2.18. The highest BCUT2D eigenvalue weighted by Gasteiger charge is 2.26. The molecule has 1 aliphatic heterocycles. The zero-order valence-corrected chi connectivity index (χ0v) is 11.8. The molecule has 0 saturated heterocycles. The van der Waals surface area contributed by atoms with Crippen molar-refractivity contribution in [2.24, 2.45) is 5.92 Å². The van der Waals surface area contributed by atoms with Crippen LogP contribution >= 0.6 is 0 Å². The summed E-state index contributed by atoms with van der Waals surface area (Å²) in [5.74, 6) is 1.93. The Kier molecular flexibility index (Phi) is 3.30. The van der Waals surface area contributed by atoms with Gasteiger partial charge in [-0.1, -0.05) is 13.8 Å². The standard InChI is InChI=1S/C14H25N3/c1-10(2)8-13-16-11-9-15-7-6-12(11)17(13)14(3,4)5/h10,15H,6-9H2,1-5H3. The Bertz CT molecular complexity index is 396. The summed E-state index contributed by atoms with van der Waals surface area (Å²) >= 11 is 0. The Morgan fingerprint density at radius 1 is 1.35 bits per heavy atom. The van der Waals surface area contributed by atoms with Crippen LogP contribution in [-0.2, 0) is 24.9 Å². The summed E-state index contributed by atoms with van der Waals surface area (Å²) in [7, 11) is 0. The Morgan fingerprint density at radius 3 is 2.65 bits per heavy atom. The Labute approximate surface area is 105 Å². The molecule has 0 saturated carbocycles. The lowest BCUT2D eigenvalue weighted by molar-refractivity contribution is 0.361. The summed E-state index contributed by atoms with van der Waals surface area (Å²) < 4.78 is 2.48. The van der Waals surface area contributed by atoms with E-state index in [-0.39, 0.29) is 5.54 Å². The van der Waals surface area contributed by atoms with Crippen molar-refractivity contribution in [1.82, 2.24) is 14.9 Å². The molecule has 1 aromatic heterocycles. The van der Waals surface area contributed by atoms with Crippen LogP contribution in [0.15, 0.2) is 0 Å². The van der Waals surface area contributed by atoms with Crippen molar-refractivity contribution in [2.45, 2.75) is 59.5 Å². The van der Waals surface area contributed by atoms with Crippen LogP contribution in [0.3, 0.4) is 0 Å². The Hall–Kier alpha value is -0.830.